The Morgan fingerprint density at radius 3 is 2.92 bits per heavy atom. The Balaban J connectivity index is 1.76. The van der Waals surface area contributed by atoms with Crippen molar-refractivity contribution in [1.82, 2.24) is 14.8 Å². The zero-order valence-electron chi connectivity index (χ0n) is 13.6. The maximum absolute atomic E-state index is 12.4. The van der Waals surface area contributed by atoms with Gasteiger partial charge < -0.3 is 10.1 Å². The Hall–Kier alpha value is -3.15. The van der Waals surface area contributed by atoms with E-state index in [1.165, 1.54) is 0 Å². The van der Waals surface area contributed by atoms with Crippen molar-refractivity contribution in [2.45, 2.75) is 13.8 Å². The molecule has 2 heterocycles. The first-order chi connectivity index (χ1) is 11.7. The lowest BCUT2D eigenvalue weighted by Crippen LogP contribution is -2.12. The normalized spacial score (nSPS) is 10.4. The molecule has 122 valence electrons. The molecule has 24 heavy (non-hydrogen) atoms. The van der Waals surface area contributed by atoms with Crippen molar-refractivity contribution in [3.8, 4) is 11.6 Å². The van der Waals surface area contributed by atoms with E-state index >= 15 is 0 Å². The van der Waals surface area contributed by atoms with E-state index in [0.717, 1.165) is 5.56 Å². The molecule has 3 rings (SSSR count). The van der Waals surface area contributed by atoms with Crippen molar-refractivity contribution < 1.29 is 9.53 Å². The second-order valence-electron chi connectivity index (χ2n) is 5.23. The van der Waals surface area contributed by atoms with E-state index in [9.17, 15) is 4.79 Å². The summed E-state index contributed by atoms with van der Waals surface area (Å²) < 4.78 is 7.14. The molecule has 1 amide bonds. The topological polar surface area (TPSA) is 69.0 Å². The lowest BCUT2D eigenvalue weighted by Gasteiger charge is -2.09. The fraction of sp³-hybridized carbons (Fsp3) is 0.167. The number of pyridine rings is 1. The van der Waals surface area contributed by atoms with E-state index in [4.69, 9.17) is 4.74 Å². The summed E-state index contributed by atoms with van der Waals surface area (Å²) in [4.78, 5) is 16.6. The standard InChI is InChI=1S/C18H18N4O2/c1-3-24-16-10-14(8-7-13(16)2)18(23)21-15-11-20-22(12-15)17-6-4-5-9-19-17/h4-12H,3H2,1-2H3,(H,21,23). The van der Waals surface area contributed by atoms with Crippen molar-refractivity contribution in [1.29, 1.82) is 0 Å². The fourth-order valence-corrected chi connectivity index (χ4v) is 2.26. The number of hydrogen-bond acceptors (Lipinski definition) is 4. The third-order valence-corrected chi connectivity index (χ3v) is 3.47. The van der Waals surface area contributed by atoms with Crippen LogP contribution in [0.25, 0.3) is 5.82 Å². The number of nitrogens with zero attached hydrogens (tertiary/aromatic N) is 3. The van der Waals surface area contributed by atoms with Gasteiger partial charge in [0.25, 0.3) is 5.91 Å². The van der Waals surface area contributed by atoms with Gasteiger partial charge in [0.15, 0.2) is 5.82 Å². The summed E-state index contributed by atoms with van der Waals surface area (Å²) in [7, 11) is 0. The molecule has 0 radical (unpaired) electrons. The number of carbonyl (C=O) groups is 1. The van der Waals surface area contributed by atoms with Crippen LogP contribution < -0.4 is 10.1 Å². The zero-order valence-corrected chi connectivity index (χ0v) is 13.6. The molecule has 6 nitrogen and oxygen atoms in total. The second kappa shape index (κ2) is 6.95. The van der Waals surface area contributed by atoms with Gasteiger partial charge in [0.2, 0.25) is 0 Å². The second-order valence-corrected chi connectivity index (χ2v) is 5.23. The molecule has 0 aliphatic heterocycles. The third kappa shape index (κ3) is 3.43. The highest BCUT2D eigenvalue weighted by molar-refractivity contribution is 6.04. The number of hydrogen-bond donors (Lipinski definition) is 1. The molecule has 0 atom stereocenters. The van der Waals surface area contributed by atoms with Crippen LogP contribution in [0.15, 0.2) is 55.0 Å². The average molecular weight is 322 g/mol. The summed E-state index contributed by atoms with van der Waals surface area (Å²) in [5, 5.41) is 7.04. The van der Waals surface area contributed by atoms with Crippen LogP contribution >= 0.6 is 0 Å². The van der Waals surface area contributed by atoms with Crippen LogP contribution in [-0.2, 0) is 0 Å². The van der Waals surface area contributed by atoms with Crippen molar-refractivity contribution in [3.63, 3.8) is 0 Å². The molecule has 0 spiro atoms. The first-order valence-corrected chi connectivity index (χ1v) is 7.68. The lowest BCUT2D eigenvalue weighted by atomic mass is 10.1. The predicted molar refractivity (Wildman–Crippen MR) is 91.7 cm³/mol. The largest absolute Gasteiger partial charge is 0.494 e. The maximum Gasteiger partial charge on any atom is 0.255 e. The van der Waals surface area contributed by atoms with Gasteiger partial charge in [0.1, 0.15) is 5.75 Å². The van der Waals surface area contributed by atoms with Gasteiger partial charge >= 0.3 is 0 Å². The number of rotatable bonds is 5. The minimum absolute atomic E-state index is 0.212. The van der Waals surface area contributed by atoms with E-state index < -0.39 is 0 Å². The van der Waals surface area contributed by atoms with Crippen LogP contribution in [0.4, 0.5) is 5.69 Å². The van der Waals surface area contributed by atoms with Gasteiger partial charge in [-0.15, -0.1) is 0 Å². The number of benzene rings is 1. The summed E-state index contributed by atoms with van der Waals surface area (Å²) in [6, 6.07) is 10.9. The van der Waals surface area contributed by atoms with Gasteiger partial charge in [0, 0.05) is 11.8 Å². The number of ether oxygens (including phenoxy) is 1. The maximum atomic E-state index is 12.4. The highest BCUT2D eigenvalue weighted by Gasteiger charge is 2.11. The van der Waals surface area contributed by atoms with Crippen LogP contribution in [0.5, 0.6) is 5.75 Å². The van der Waals surface area contributed by atoms with Crippen molar-refractivity contribution >= 4 is 11.6 Å². The quantitative estimate of drug-likeness (QED) is 0.783. The molecular weight excluding hydrogens is 304 g/mol. The molecule has 1 aromatic carbocycles. The molecule has 1 N–H and O–H groups in total. The van der Waals surface area contributed by atoms with E-state index in [0.29, 0.717) is 29.4 Å². The highest BCUT2D eigenvalue weighted by Crippen LogP contribution is 2.20. The zero-order chi connectivity index (χ0) is 16.9. The monoisotopic (exact) mass is 322 g/mol. The molecule has 0 saturated heterocycles. The molecular formula is C18H18N4O2. The summed E-state index contributed by atoms with van der Waals surface area (Å²) in [5.74, 6) is 1.19. The highest BCUT2D eigenvalue weighted by atomic mass is 16.5. The van der Waals surface area contributed by atoms with Gasteiger partial charge in [0.05, 0.1) is 24.7 Å². The van der Waals surface area contributed by atoms with E-state index in [1.807, 2.05) is 38.1 Å². The molecule has 0 unspecified atom stereocenters. The van der Waals surface area contributed by atoms with Gasteiger partial charge in [-0.3, -0.25) is 4.79 Å². The Labute approximate surface area is 140 Å². The van der Waals surface area contributed by atoms with Crippen LogP contribution in [0.2, 0.25) is 0 Å². The van der Waals surface area contributed by atoms with Crippen molar-refractivity contribution in [2.75, 3.05) is 11.9 Å². The SMILES string of the molecule is CCOc1cc(C(=O)Nc2cnn(-c3ccccn3)c2)ccc1C. The molecule has 0 aliphatic carbocycles. The Kier molecular flexibility index (Phi) is 4.56. The average Bonchev–Trinajstić information content (AvgIpc) is 3.06. The number of carbonyl (C=O) groups excluding carboxylic acids is 1. The minimum Gasteiger partial charge on any atom is -0.494 e. The smallest absolute Gasteiger partial charge is 0.255 e. The molecule has 0 bridgehead atoms. The first-order valence-electron chi connectivity index (χ1n) is 7.68. The summed E-state index contributed by atoms with van der Waals surface area (Å²) in [6.45, 7) is 4.42. The van der Waals surface area contributed by atoms with Crippen LogP contribution in [-0.4, -0.2) is 27.3 Å². The van der Waals surface area contributed by atoms with Crippen LogP contribution in [0.3, 0.4) is 0 Å². The van der Waals surface area contributed by atoms with Crippen molar-refractivity contribution in [3.05, 3.63) is 66.1 Å². The molecule has 0 aliphatic rings. The summed E-state index contributed by atoms with van der Waals surface area (Å²) in [5.41, 5.74) is 2.13. The fourth-order valence-electron chi connectivity index (χ4n) is 2.26. The predicted octanol–water partition coefficient (Wildman–Crippen LogP) is 3.23. The molecule has 2 aromatic heterocycles. The van der Waals surface area contributed by atoms with Gasteiger partial charge in [-0.05, 0) is 43.7 Å². The van der Waals surface area contributed by atoms with Gasteiger partial charge in [-0.1, -0.05) is 12.1 Å². The number of nitrogens with one attached hydrogen (secondary N) is 1. The van der Waals surface area contributed by atoms with Crippen LogP contribution in [0.1, 0.15) is 22.8 Å². The number of aryl methyl sites for hydroxylation is 1. The molecule has 0 fully saturated rings. The summed E-state index contributed by atoms with van der Waals surface area (Å²) >= 11 is 0. The van der Waals surface area contributed by atoms with Gasteiger partial charge in [-0.2, -0.15) is 5.10 Å². The molecule has 6 heteroatoms. The number of aromatic nitrogens is 3. The number of anilines is 1. The Morgan fingerprint density at radius 2 is 2.17 bits per heavy atom. The molecule has 0 saturated carbocycles. The van der Waals surface area contributed by atoms with Gasteiger partial charge in [-0.25, -0.2) is 9.67 Å². The Bertz CT molecular complexity index is 843. The van der Waals surface area contributed by atoms with E-state index in [1.54, 1.807) is 35.4 Å². The lowest BCUT2D eigenvalue weighted by molar-refractivity contribution is 0.102. The van der Waals surface area contributed by atoms with Crippen molar-refractivity contribution in [2.24, 2.45) is 0 Å². The molecule has 3 aromatic rings. The van der Waals surface area contributed by atoms with Crippen LogP contribution in [0, 0.1) is 6.92 Å². The first kappa shape index (κ1) is 15.7. The summed E-state index contributed by atoms with van der Waals surface area (Å²) in [6.07, 6.45) is 5.00. The van der Waals surface area contributed by atoms with E-state index in [-0.39, 0.29) is 5.91 Å². The Morgan fingerprint density at radius 1 is 1.29 bits per heavy atom. The van der Waals surface area contributed by atoms with E-state index in [2.05, 4.69) is 15.4 Å². The number of amides is 1. The third-order valence-electron chi connectivity index (χ3n) is 3.47. The minimum atomic E-state index is -0.212.